The summed E-state index contributed by atoms with van der Waals surface area (Å²) in [6.07, 6.45) is 4.44. The molecule has 1 aromatic heterocycles. The molecule has 3 rings (SSSR count). The van der Waals surface area contributed by atoms with Crippen LogP contribution in [0.4, 0.5) is 5.82 Å². The number of aromatic nitrogens is 2. The number of rotatable bonds is 4. The molecule has 23 heavy (non-hydrogen) atoms. The molecule has 0 radical (unpaired) electrons. The Morgan fingerprint density at radius 1 is 1.43 bits per heavy atom. The Morgan fingerprint density at radius 2 is 2.30 bits per heavy atom. The summed E-state index contributed by atoms with van der Waals surface area (Å²) in [5.41, 5.74) is 0.833. The lowest BCUT2D eigenvalue weighted by Gasteiger charge is -2.33. The van der Waals surface area contributed by atoms with Gasteiger partial charge in [0.2, 0.25) is 5.91 Å². The quantitative estimate of drug-likeness (QED) is 0.935. The molecule has 1 N–H and O–H groups in total. The van der Waals surface area contributed by atoms with Crippen LogP contribution in [0, 0.1) is 5.92 Å². The minimum absolute atomic E-state index is 0.0209. The van der Waals surface area contributed by atoms with Gasteiger partial charge in [0.25, 0.3) is 0 Å². The van der Waals surface area contributed by atoms with E-state index in [9.17, 15) is 4.79 Å². The number of nitrogens with zero attached hydrogens (tertiary/aromatic N) is 3. The lowest BCUT2D eigenvalue weighted by molar-refractivity contribution is -0.125. The lowest BCUT2D eigenvalue weighted by atomic mass is 9.97. The number of hydrogen-bond donors (Lipinski definition) is 1. The molecular formula is C17H21ClN4O. The summed E-state index contributed by atoms with van der Waals surface area (Å²) >= 11 is 6.04. The standard InChI is InChI=1S/C17H21ClN4O/c1-2-7-19-17(23)12-4-3-8-22(10-12)16-14-6-5-13(18)9-15(14)20-11-21-16/h5-6,9,11-12H,2-4,7-8,10H2,1H3,(H,19,23). The van der Waals surface area contributed by atoms with Gasteiger partial charge in [-0.15, -0.1) is 0 Å². The van der Waals surface area contributed by atoms with E-state index in [1.54, 1.807) is 6.33 Å². The fraction of sp³-hybridized carbons (Fsp3) is 0.471. The number of carbonyl (C=O) groups is 1. The van der Waals surface area contributed by atoms with Crippen LogP contribution in [0.3, 0.4) is 0 Å². The third-order valence-electron chi connectivity index (χ3n) is 4.22. The predicted octanol–water partition coefficient (Wildman–Crippen LogP) is 3.03. The molecule has 1 aliphatic rings. The Labute approximate surface area is 141 Å². The highest BCUT2D eigenvalue weighted by atomic mass is 35.5. The minimum Gasteiger partial charge on any atom is -0.356 e. The summed E-state index contributed by atoms with van der Waals surface area (Å²) in [4.78, 5) is 23.2. The molecule has 122 valence electrons. The highest BCUT2D eigenvalue weighted by molar-refractivity contribution is 6.31. The Kier molecular flexibility index (Phi) is 4.96. The Balaban J connectivity index is 1.83. The van der Waals surface area contributed by atoms with Crippen molar-refractivity contribution in [2.24, 2.45) is 5.92 Å². The summed E-state index contributed by atoms with van der Waals surface area (Å²) in [6, 6.07) is 5.65. The number of anilines is 1. The number of hydrogen-bond acceptors (Lipinski definition) is 4. The number of nitrogens with one attached hydrogen (secondary N) is 1. The normalized spacial score (nSPS) is 18.2. The van der Waals surface area contributed by atoms with Crippen LogP contribution in [-0.4, -0.2) is 35.5 Å². The molecule has 1 unspecified atom stereocenters. The average molecular weight is 333 g/mol. The fourth-order valence-corrected chi connectivity index (χ4v) is 3.21. The van der Waals surface area contributed by atoms with E-state index < -0.39 is 0 Å². The first-order valence-corrected chi connectivity index (χ1v) is 8.49. The number of piperidine rings is 1. The Morgan fingerprint density at radius 3 is 3.13 bits per heavy atom. The van der Waals surface area contributed by atoms with Crippen LogP contribution >= 0.6 is 11.6 Å². The van der Waals surface area contributed by atoms with E-state index >= 15 is 0 Å². The van der Waals surface area contributed by atoms with Crippen molar-refractivity contribution in [2.75, 3.05) is 24.5 Å². The van der Waals surface area contributed by atoms with Crippen LogP contribution in [-0.2, 0) is 4.79 Å². The molecular weight excluding hydrogens is 312 g/mol. The molecule has 1 atom stereocenters. The van der Waals surface area contributed by atoms with Crippen molar-refractivity contribution in [3.63, 3.8) is 0 Å². The number of halogens is 1. The van der Waals surface area contributed by atoms with Crippen molar-refractivity contribution < 1.29 is 4.79 Å². The zero-order chi connectivity index (χ0) is 16.2. The van der Waals surface area contributed by atoms with E-state index in [0.717, 1.165) is 49.1 Å². The van der Waals surface area contributed by atoms with Gasteiger partial charge in [-0.25, -0.2) is 9.97 Å². The van der Waals surface area contributed by atoms with Crippen LogP contribution in [0.25, 0.3) is 10.9 Å². The van der Waals surface area contributed by atoms with E-state index in [1.165, 1.54) is 0 Å². The monoisotopic (exact) mass is 332 g/mol. The number of fused-ring (bicyclic) bond motifs is 1. The van der Waals surface area contributed by atoms with Gasteiger partial charge in [0, 0.05) is 30.0 Å². The maximum absolute atomic E-state index is 12.3. The van der Waals surface area contributed by atoms with Crippen molar-refractivity contribution >= 4 is 34.2 Å². The molecule has 1 aromatic carbocycles. The molecule has 1 aliphatic heterocycles. The van der Waals surface area contributed by atoms with Gasteiger partial charge in [0.05, 0.1) is 11.4 Å². The molecule has 2 heterocycles. The van der Waals surface area contributed by atoms with Crippen LogP contribution in [0.1, 0.15) is 26.2 Å². The lowest BCUT2D eigenvalue weighted by Crippen LogP contribution is -2.43. The summed E-state index contributed by atoms with van der Waals surface area (Å²) in [6.45, 7) is 4.41. The van der Waals surface area contributed by atoms with Crippen molar-refractivity contribution in [2.45, 2.75) is 26.2 Å². The molecule has 5 nitrogen and oxygen atoms in total. The van der Waals surface area contributed by atoms with Crippen LogP contribution in [0.2, 0.25) is 5.02 Å². The number of carbonyl (C=O) groups excluding carboxylic acids is 1. The summed E-state index contributed by atoms with van der Waals surface area (Å²) in [5, 5.41) is 4.65. The van der Waals surface area contributed by atoms with Gasteiger partial charge in [-0.2, -0.15) is 0 Å². The summed E-state index contributed by atoms with van der Waals surface area (Å²) in [7, 11) is 0. The van der Waals surface area contributed by atoms with Crippen LogP contribution in [0.5, 0.6) is 0 Å². The highest BCUT2D eigenvalue weighted by Gasteiger charge is 2.27. The zero-order valence-corrected chi connectivity index (χ0v) is 14.0. The average Bonchev–Trinajstić information content (AvgIpc) is 2.59. The topological polar surface area (TPSA) is 58.1 Å². The first kappa shape index (κ1) is 16.0. The molecule has 1 amide bonds. The SMILES string of the molecule is CCCNC(=O)C1CCCN(c2ncnc3cc(Cl)ccc23)C1. The van der Waals surface area contributed by atoms with Crippen LogP contribution < -0.4 is 10.2 Å². The summed E-state index contributed by atoms with van der Waals surface area (Å²) < 4.78 is 0. The molecule has 0 aliphatic carbocycles. The van der Waals surface area contributed by atoms with Gasteiger partial charge in [0.15, 0.2) is 0 Å². The van der Waals surface area contributed by atoms with Crippen molar-refractivity contribution in [3.8, 4) is 0 Å². The first-order chi connectivity index (χ1) is 11.2. The van der Waals surface area contributed by atoms with E-state index in [2.05, 4.69) is 27.1 Å². The minimum atomic E-state index is 0.0209. The number of amides is 1. The van der Waals surface area contributed by atoms with Crippen molar-refractivity contribution in [1.82, 2.24) is 15.3 Å². The predicted molar refractivity (Wildman–Crippen MR) is 92.8 cm³/mol. The number of benzene rings is 1. The first-order valence-electron chi connectivity index (χ1n) is 8.12. The third kappa shape index (κ3) is 3.55. The Bertz CT molecular complexity index is 706. The van der Waals surface area contributed by atoms with E-state index in [1.807, 2.05) is 18.2 Å². The van der Waals surface area contributed by atoms with Gasteiger partial charge < -0.3 is 10.2 Å². The van der Waals surface area contributed by atoms with E-state index in [0.29, 0.717) is 11.6 Å². The molecule has 1 saturated heterocycles. The smallest absolute Gasteiger partial charge is 0.224 e. The second-order valence-corrected chi connectivity index (χ2v) is 6.37. The van der Waals surface area contributed by atoms with Crippen LogP contribution in [0.15, 0.2) is 24.5 Å². The van der Waals surface area contributed by atoms with Gasteiger partial charge in [-0.05, 0) is 37.5 Å². The molecule has 6 heteroatoms. The van der Waals surface area contributed by atoms with Gasteiger partial charge in [0.1, 0.15) is 12.1 Å². The molecule has 0 spiro atoms. The molecule has 2 aromatic rings. The molecule has 0 bridgehead atoms. The van der Waals surface area contributed by atoms with Gasteiger partial charge >= 0.3 is 0 Å². The fourth-order valence-electron chi connectivity index (χ4n) is 3.04. The second kappa shape index (κ2) is 7.13. The van der Waals surface area contributed by atoms with E-state index in [-0.39, 0.29) is 11.8 Å². The zero-order valence-electron chi connectivity index (χ0n) is 13.3. The second-order valence-electron chi connectivity index (χ2n) is 5.93. The Hall–Kier alpha value is -1.88. The van der Waals surface area contributed by atoms with Crippen molar-refractivity contribution in [1.29, 1.82) is 0 Å². The van der Waals surface area contributed by atoms with E-state index in [4.69, 9.17) is 11.6 Å². The van der Waals surface area contributed by atoms with Gasteiger partial charge in [-0.3, -0.25) is 4.79 Å². The maximum atomic E-state index is 12.3. The summed E-state index contributed by atoms with van der Waals surface area (Å²) in [5.74, 6) is 1.06. The third-order valence-corrected chi connectivity index (χ3v) is 4.45. The molecule has 1 fully saturated rings. The van der Waals surface area contributed by atoms with Crippen molar-refractivity contribution in [3.05, 3.63) is 29.5 Å². The largest absolute Gasteiger partial charge is 0.356 e. The highest BCUT2D eigenvalue weighted by Crippen LogP contribution is 2.28. The molecule has 0 saturated carbocycles. The van der Waals surface area contributed by atoms with Gasteiger partial charge in [-0.1, -0.05) is 18.5 Å². The maximum Gasteiger partial charge on any atom is 0.224 e.